The number of nitriles is 1. The van der Waals surface area contributed by atoms with Crippen LogP contribution in [-0.4, -0.2) is 12.6 Å². The van der Waals surface area contributed by atoms with Crippen molar-refractivity contribution in [3.05, 3.63) is 64.7 Å². The summed E-state index contributed by atoms with van der Waals surface area (Å²) in [6.45, 7) is -0.0214. The van der Waals surface area contributed by atoms with Crippen molar-refractivity contribution in [2.24, 2.45) is 0 Å². The second-order valence-corrected chi connectivity index (χ2v) is 4.65. The molecule has 2 aromatic rings. The van der Waals surface area contributed by atoms with Crippen LogP contribution in [0.4, 0.5) is 0 Å². The number of rotatable bonds is 5. The number of benzene rings is 2. The molecule has 0 spiro atoms. The first-order valence-corrected chi connectivity index (χ1v) is 6.58. The van der Waals surface area contributed by atoms with Crippen molar-refractivity contribution in [1.29, 1.82) is 5.26 Å². The van der Waals surface area contributed by atoms with Gasteiger partial charge in [0.1, 0.15) is 12.4 Å². The molecule has 0 aliphatic rings. The Morgan fingerprint density at radius 2 is 1.76 bits per heavy atom. The zero-order valence-electron chi connectivity index (χ0n) is 11.1. The van der Waals surface area contributed by atoms with E-state index in [0.29, 0.717) is 16.3 Å². The summed E-state index contributed by atoms with van der Waals surface area (Å²) in [4.78, 5) is 11.6. The lowest BCUT2D eigenvalue weighted by Crippen LogP contribution is -2.14. The van der Waals surface area contributed by atoms with E-state index in [4.69, 9.17) is 26.3 Å². The molecule has 0 aromatic heterocycles. The van der Waals surface area contributed by atoms with E-state index < -0.39 is 5.97 Å². The highest BCUT2D eigenvalue weighted by Gasteiger charge is 2.05. The minimum absolute atomic E-state index is 0.147. The molecule has 0 bridgehead atoms. The topological polar surface area (TPSA) is 59.3 Å². The molecule has 0 heterocycles. The van der Waals surface area contributed by atoms with Gasteiger partial charge in [-0.05, 0) is 42.0 Å². The molecule has 0 atom stereocenters. The second kappa shape index (κ2) is 7.32. The Morgan fingerprint density at radius 3 is 2.38 bits per heavy atom. The molecular formula is C16H12ClNO3. The van der Waals surface area contributed by atoms with E-state index in [0.717, 1.165) is 5.56 Å². The smallest absolute Gasteiger partial charge is 0.344 e. The Bertz CT molecular complexity index is 645. The molecule has 0 N–H and O–H groups in total. The third-order valence-electron chi connectivity index (χ3n) is 2.65. The highest BCUT2D eigenvalue weighted by atomic mass is 35.5. The summed E-state index contributed by atoms with van der Waals surface area (Å²) >= 11 is 5.75. The van der Waals surface area contributed by atoms with Crippen molar-refractivity contribution in [2.45, 2.75) is 6.61 Å². The number of esters is 1. The molecule has 5 heteroatoms. The van der Waals surface area contributed by atoms with Crippen molar-refractivity contribution < 1.29 is 14.3 Å². The zero-order chi connectivity index (χ0) is 15.1. The van der Waals surface area contributed by atoms with Crippen LogP contribution < -0.4 is 4.74 Å². The number of ether oxygens (including phenoxy) is 2. The van der Waals surface area contributed by atoms with Gasteiger partial charge in [0.2, 0.25) is 0 Å². The molecule has 2 rings (SSSR count). The lowest BCUT2D eigenvalue weighted by Gasteiger charge is -2.07. The Hall–Kier alpha value is -2.51. The van der Waals surface area contributed by atoms with Crippen molar-refractivity contribution in [3.63, 3.8) is 0 Å². The maximum atomic E-state index is 11.6. The lowest BCUT2D eigenvalue weighted by molar-refractivity contribution is -0.147. The first-order valence-electron chi connectivity index (χ1n) is 6.20. The van der Waals surface area contributed by atoms with Gasteiger partial charge in [-0.25, -0.2) is 4.79 Å². The van der Waals surface area contributed by atoms with Gasteiger partial charge in [0, 0.05) is 5.02 Å². The molecule has 0 radical (unpaired) electrons. The van der Waals surface area contributed by atoms with Gasteiger partial charge in [-0.2, -0.15) is 5.26 Å². The van der Waals surface area contributed by atoms with Crippen molar-refractivity contribution in [2.75, 3.05) is 6.61 Å². The predicted octanol–water partition coefficient (Wildman–Crippen LogP) is 3.33. The number of carbonyl (C=O) groups excluding carboxylic acids is 1. The molecule has 0 saturated carbocycles. The number of hydrogen-bond acceptors (Lipinski definition) is 4. The zero-order valence-corrected chi connectivity index (χ0v) is 11.8. The van der Waals surface area contributed by atoms with Gasteiger partial charge in [0.15, 0.2) is 6.61 Å². The molecule has 0 aliphatic heterocycles. The van der Waals surface area contributed by atoms with Crippen LogP contribution in [0.25, 0.3) is 0 Å². The summed E-state index contributed by atoms with van der Waals surface area (Å²) in [6.07, 6.45) is 0. The van der Waals surface area contributed by atoms with Gasteiger partial charge in [0.25, 0.3) is 0 Å². The van der Waals surface area contributed by atoms with Gasteiger partial charge in [-0.15, -0.1) is 0 Å². The van der Waals surface area contributed by atoms with Crippen LogP contribution in [0, 0.1) is 11.3 Å². The Labute approximate surface area is 127 Å². The fraction of sp³-hybridized carbons (Fsp3) is 0.125. The van der Waals surface area contributed by atoms with Gasteiger partial charge >= 0.3 is 5.97 Å². The summed E-state index contributed by atoms with van der Waals surface area (Å²) < 4.78 is 10.3. The summed E-state index contributed by atoms with van der Waals surface area (Å²) in [5.74, 6) is 0.0871. The number of carbonyl (C=O) groups is 1. The lowest BCUT2D eigenvalue weighted by atomic mass is 10.2. The highest BCUT2D eigenvalue weighted by molar-refractivity contribution is 6.30. The summed E-state index contributed by atoms with van der Waals surface area (Å²) in [7, 11) is 0. The van der Waals surface area contributed by atoms with Gasteiger partial charge in [0.05, 0.1) is 11.6 Å². The number of hydrogen-bond donors (Lipinski definition) is 0. The Balaban J connectivity index is 1.76. The van der Waals surface area contributed by atoms with Gasteiger partial charge in [-0.3, -0.25) is 0 Å². The molecular weight excluding hydrogens is 290 g/mol. The first kappa shape index (κ1) is 14.9. The average molecular weight is 302 g/mol. The van der Waals surface area contributed by atoms with E-state index in [1.54, 1.807) is 48.5 Å². The van der Waals surface area contributed by atoms with Crippen LogP contribution in [0.2, 0.25) is 5.02 Å². The normalized spacial score (nSPS) is 9.71. The van der Waals surface area contributed by atoms with E-state index in [-0.39, 0.29) is 13.2 Å². The van der Waals surface area contributed by atoms with Crippen LogP contribution in [0.1, 0.15) is 11.1 Å². The number of halogens is 1. The van der Waals surface area contributed by atoms with E-state index in [1.807, 2.05) is 6.07 Å². The highest BCUT2D eigenvalue weighted by Crippen LogP contribution is 2.15. The van der Waals surface area contributed by atoms with E-state index in [9.17, 15) is 4.79 Å². The standard InChI is InChI=1S/C16H12ClNO3/c17-14-5-7-15(8-6-14)20-11-16(19)21-10-13-3-1-12(9-18)2-4-13/h1-8H,10-11H2. The van der Waals surface area contributed by atoms with Crippen molar-refractivity contribution in [1.82, 2.24) is 0 Å². The van der Waals surface area contributed by atoms with Crippen LogP contribution in [-0.2, 0) is 16.1 Å². The fourth-order valence-corrected chi connectivity index (χ4v) is 1.68. The second-order valence-electron chi connectivity index (χ2n) is 4.21. The van der Waals surface area contributed by atoms with Gasteiger partial charge < -0.3 is 9.47 Å². The first-order chi connectivity index (χ1) is 10.2. The van der Waals surface area contributed by atoms with Crippen LogP contribution in [0.5, 0.6) is 5.75 Å². The fourth-order valence-electron chi connectivity index (χ4n) is 1.55. The molecule has 4 nitrogen and oxygen atoms in total. The molecule has 0 saturated heterocycles. The average Bonchev–Trinajstić information content (AvgIpc) is 2.53. The molecule has 0 unspecified atom stereocenters. The number of nitrogens with zero attached hydrogens (tertiary/aromatic N) is 1. The molecule has 0 aliphatic carbocycles. The summed E-state index contributed by atoms with van der Waals surface area (Å²) in [5.41, 5.74) is 1.38. The summed E-state index contributed by atoms with van der Waals surface area (Å²) in [6, 6.07) is 15.6. The van der Waals surface area contributed by atoms with E-state index in [1.165, 1.54) is 0 Å². The third-order valence-corrected chi connectivity index (χ3v) is 2.91. The van der Waals surface area contributed by atoms with Crippen molar-refractivity contribution in [3.8, 4) is 11.8 Å². The molecule has 2 aromatic carbocycles. The Kier molecular flexibility index (Phi) is 5.19. The van der Waals surface area contributed by atoms with Crippen LogP contribution >= 0.6 is 11.6 Å². The third kappa shape index (κ3) is 4.83. The largest absolute Gasteiger partial charge is 0.482 e. The maximum Gasteiger partial charge on any atom is 0.344 e. The minimum atomic E-state index is -0.464. The monoisotopic (exact) mass is 301 g/mol. The van der Waals surface area contributed by atoms with Crippen LogP contribution in [0.15, 0.2) is 48.5 Å². The minimum Gasteiger partial charge on any atom is -0.482 e. The maximum absolute atomic E-state index is 11.6. The van der Waals surface area contributed by atoms with Gasteiger partial charge in [-0.1, -0.05) is 23.7 Å². The molecule has 0 amide bonds. The molecule has 106 valence electrons. The summed E-state index contributed by atoms with van der Waals surface area (Å²) in [5, 5.41) is 9.28. The Morgan fingerprint density at radius 1 is 1.10 bits per heavy atom. The van der Waals surface area contributed by atoms with Crippen molar-refractivity contribution >= 4 is 17.6 Å². The van der Waals surface area contributed by atoms with Crippen LogP contribution in [0.3, 0.4) is 0 Å². The molecule has 21 heavy (non-hydrogen) atoms. The van der Waals surface area contributed by atoms with E-state index in [2.05, 4.69) is 0 Å². The molecule has 0 fully saturated rings. The predicted molar refractivity (Wildman–Crippen MR) is 77.9 cm³/mol. The quantitative estimate of drug-likeness (QED) is 0.795. The van der Waals surface area contributed by atoms with E-state index >= 15 is 0 Å². The SMILES string of the molecule is N#Cc1ccc(COC(=O)COc2ccc(Cl)cc2)cc1.